The molecule has 3 aromatic rings. The van der Waals surface area contributed by atoms with Crippen LogP contribution in [0.1, 0.15) is 10.5 Å². The van der Waals surface area contributed by atoms with Gasteiger partial charge in [-0.2, -0.15) is 0 Å². The number of halogens is 1. The van der Waals surface area contributed by atoms with E-state index in [0.29, 0.717) is 16.4 Å². The zero-order valence-corrected chi connectivity index (χ0v) is 11.4. The molecule has 3 rings (SSSR count). The number of azo groups is 1. The van der Waals surface area contributed by atoms with E-state index in [1.807, 2.05) is 18.2 Å². The fourth-order valence-corrected chi connectivity index (χ4v) is 2.01. The molecular formula is C14H9ClN4O2. The normalized spacial score (nSPS) is 11.3. The first-order chi connectivity index (χ1) is 10.1. The summed E-state index contributed by atoms with van der Waals surface area (Å²) in [5, 5.41) is 17.7. The van der Waals surface area contributed by atoms with Gasteiger partial charge in [0.15, 0.2) is 11.5 Å². The van der Waals surface area contributed by atoms with Crippen molar-refractivity contribution in [3.8, 4) is 0 Å². The molecule has 1 N–H and O–H groups in total. The number of rotatable bonds is 3. The highest BCUT2D eigenvalue weighted by molar-refractivity contribution is 6.30. The summed E-state index contributed by atoms with van der Waals surface area (Å²) in [6.45, 7) is 0. The Morgan fingerprint density at radius 2 is 1.90 bits per heavy atom. The number of hydrogen-bond donors (Lipinski definition) is 1. The van der Waals surface area contributed by atoms with Crippen molar-refractivity contribution in [3.63, 3.8) is 0 Å². The molecule has 0 amide bonds. The van der Waals surface area contributed by atoms with E-state index in [9.17, 15) is 9.90 Å². The van der Waals surface area contributed by atoms with Gasteiger partial charge in [-0.15, -0.1) is 10.2 Å². The fourth-order valence-electron chi connectivity index (χ4n) is 1.85. The lowest BCUT2D eigenvalue weighted by molar-refractivity contribution is 0.0692. The fraction of sp³-hybridized carbons (Fsp3) is 0. The largest absolute Gasteiger partial charge is 0.476 e. The minimum atomic E-state index is -1.17. The lowest BCUT2D eigenvalue weighted by Crippen LogP contribution is -1.96. The number of carboxylic acid groups (broad SMARTS) is 1. The van der Waals surface area contributed by atoms with E-state index in [0.717, 1.165) is 0 Å². The number of fused-ring (bicyclic) bond motifs is 1. The Labute approximate surface area is 124 Å². The molecule has 0 spiro atoms. The van der Waals surface area contributed by atoms with E-state index in [1.165, 1.54) is 4.40 Å². The van der Waals surface area contributed by atoms with Crippen LogP contribution in [-0.4, -0.2) is 20.5 Å². The summed E-state index contributed by atoms with van der Waals surface area (Å²) in [5.74, 6) is -1.04. The molecule has 0 saturated heterocycles. The van der Waals surface area contributed by atoms with E-state index < -0.39 is 5.97 Å². The summed E-state index contributed by atoms with van der Waals surface area (Å²) in [5.41, 5.74) is 0.890. The Bertz CT molecular complexity index is 843. The first-order valence-electron chi connectivity index (χ1n) is 6.03. The molecule has 0 unspecified atom stereocenters. The summed E-state index contributed by atoms with van der Waals surface area (Å²) in [6.07, 6.45) is 1.55. The second-order valence-electron chi connectivity index (χ2n) is 4.20. The maximum absolute atomic E-state index is 11.3. The molecule has 0 saturated carbocycles. The zero-order valence-electron chi connectivity index (χ0n) is 10.6. The van der Waals surface area contributed by atoms with Gasteiger partial charge in [-0.05, 0) is 24.3 Å². The Balaban J connectivity index is 2.15. The van der Waals surface area contributed by atoms with E-state index >= 15 is 0 Å². The highest BCUT2D eigenvalue weighted by atomic mass is 35.5. The van der Waals surface area contributed by atoms with Crippen LogP contribution < -0.4 is 0 Å². The molecule has 0 aliphatic carbocycles. The van der Waals surface area contributed by atoms with Crippen LogP contribution in [0.5, 0.6) is 0 Å². The topological polar surface area (TPSA) is 79.3 Å². The number of aromatic carboxylic acids is 1. The number of carboxylic acids is 1. The van der Waals surface area contributed by atoms with Gasteiger partial charge < -0.3 is 5.11 Å². The van der Waals surface area contributed by atoms with E-state index in [1.54, 1.807) is 30.5 Å². The molecule has 7 heteroatoms. The molecule has 0 radical (unpaired) electrons. The van der Waals surface area contributed by atoms with Gasteiger partial charge in [0, 0.05) is 6.20 Å². The van der Waals surface area contributed by atoms with Crippen LogP contribution >= 0.6 is 11.6 Å². The van der Waals surface area contributed by atoms with E-state index in [4.69, 9.17) is 11.6 Å². The third-order valence-corrected chi connectivity index (χ3v) is 3.00. The minimum absolute atomic E-state index is 0.129. The van der Waals surface area contributed by atoms with Crippen LogP contribution in [0.3, 0.4) is 0 Å². The van der Waals surface area contributed by atoms with Crippen LogP contribution in [0.2, 0.25) is 5.02 Å². The van der Waals surface area contributed by atoms with Crippen molar-refractivity contribution in [2.45, 2.75) is 0 Å². The summed E-state index contributed by atoms with van der Waals surface area (Å²) in [7, 11) is 0. The average molecular weight is 301 g/mol. The SMILES string of the molecule is O=C(O)c1nc2ccc(Cl)cn2c1N=Nc1ccccc1. The Hall–Kier alpha value is -2.73. The van der Waals surface area contributed by atoms with E-state index in [2.05, 4.69) is 15.2 Å². The van der Waals surface area contributed by atoms with Gasteiger partial charge in [-0.3, -0.25) is 4.40 Å². The molecule has 104 valence electrons. The monoisotopic (exact) mass is 300 g/mol. The van der Waals surface area contributed by atoms with Crippen molar-refractivity contribution in [3.05, 3.63) is 59.4 Å². The van der Waals surface area contributed by atoms with Crippen LogP contribution in [0.4, 0.5) is 11.5 Å². The lowest BCUT2D eigenvalue weighted by atomic mass is 10.3. The summed E-state index contributed by atoms with van der Waals surface area (Å²) in [6, 6.07) is 12.3. The molecule has 2 heterocycles. The summed E-state index contributed by atoms with van der Waals surface area (Å²) in [4.78, 5) is 15.3. The lowest BCUT2D eigenvalue weighted by Gasteiger charge is -1.97. The second kappa shape index (κ2) is 5.34. The molecule has 6 nitrogen and oxygen atoms in total. The number of hydrogen-bond acceptors (Lipinski definition) is 4. The molecule has 0 atom stereocenters. The predicted molar refractivity (Wildman–Crippen MR) is 77.8 cm³/mol. The summed E-state index contributed by atoms with van der Waals surface area (Å²) < 4.78 is 1.50. The molecule has 0 fully saturated rings. The number of aromatic nitrogens is 2. The third-order valence-electron chi connectivity index (χ3n) is 2.78. The first-order valence-corrected chi connectivity index (χ1v) is 6.40. The quantitative estimate of drug-likeness (QED) is 0.739. The van der Waals surface area contributed by atoms with Crippen molar-refractivity contribution < 1.29 is 9.90 Å². The molecule has 0 bridgehead atoms. The number of nitrogens with zero attached hydrogens (tertiary/aromatic N) is 4. The molecule has 1 aromatic carbocycles. The van der Waals surface area contributed by atoms with Gasteiger partial charge in [-0.1, -0.05) is 29.8 Å². The Morgan fingerprint density at radius 1 is 1.14 bits per heavy atom. The maximum atomic E-state index is 11.3. The highest BCUT2D eigenvalue weighted by Gasteiger charge is 2.18. The number of pyridine rings is 1. The smallest absolute Gasteiger partial charge is 0.358 e. The first kappa shape index (κ1) is 13.3. The second-order valence-corrected chi connectivity index (χ2v) is 4.64. The van der Waals surface area contributed by atoms with Crippen molar-refractivity contribution in [1.29, 1.82) is 0 Å². The number of imidazole rings is 1. The van der Waals surface area contributed by atoms with Crippen LogP contribution in [-0.2, 0) is 0 Å². The molecule has 0 aliphatic rings. The van der Waals surface area contributed by atoms with Crippen molar-refractivity contribution in [2.24, 2.45) is 10.2 Å². The standard InChI is InChI=1S/C14H9ClN4O2/c15-9-6-7-11-16-12(14(20)21)13(19(11)8-9)18-17-10-4-2-1-3-5-10/h1-8H,(H,20,21). The van der Waals surface area contributed by atoms with Crippen LogP contribution in [0, 0.1) is 0 Å². The van der Waals surface area contributed by atoms with Gasteiger partial charge >= 0.3 is 5.97 Å². The van der Waals surface area contributed by atoms with Gasteiger partial charge in [0.1, 0.15) is 5.65 Å². The number of benzene rings is 1. The van der Waals surface area contributed by atoms with Gasteiger partial charge in [0.25, 0.3) is 0 Å². The molecule has 0 aliphatic heterocycles. The minimum Gasteiger partial charge on any atom is -0.476 e. The third kappa shape index (κ3) is 2.61. The molecule has 21 heavy (non-hydrogen) atoms. The van der Waals surface area contributed by atoms with Crippen LogP contribution in [0.15, 0.2) is 58.9 Å². The molecule has 2 aromatic heterocycles. The van der Waals surface area contributed by atoms with Crippen molar-refractivity contribution >= 4 is 34.7 Å². The van der Waals surface area contributed by atoms with E-state index in [-0.39, 0.29) is 11.5 Å². The predicted octanol–water partition coefficient (Wildman–Crippen LogP) is 4.10. The van der Waals surface area contributed by atoms with Gasteiger partial charge in [0.2, 0.25) is 0 Å². The van der Waals surface area contributed by atoms with Crippen molar-refractivity contribution in [1.82, 2.24) is 9.38 Å². The maximum Gasteiger partial charge on any atom is 0.358 e. The van der Waals surface area contributed by atoms with Gasteiger partial charge in [-0.25, -0.2) is 9.78 Å². The highest BCUT2D eigenvalue weighted by Crippen LogP contribution is 2.25. The average Bonchev–Trinajstić information content (AvgIpc) is 2.84. The van der Waals surface area contributed by atoms with Crippen molar-refractivity contribution in [2.75, 3.05) is 0 Å². The molecular weight excluding hydrogens is 292 g/mol. The Kier molecular flexibility index (Phi) is 3.37. The van der Waals surface area contributed by atoms with Gasteiger partial charge in [0.05, 0.1) is 10.7 Å². The van der Waals surface area contributed by atoms with Crippen LogP contribution in [0.25, 0.3) is 5.65 Å². The Morgan fingerprint density at radius 3 is 2.62 bits per heavy atom. The number of carbonyl (C=O) groups is 1. The summed E-state index contributed by atoms with van der Waals surface area (Å²) >= 11 is 5.93. The zero-order chi connectivity index (χ0) is 14.8.